The van der Waals surface area contributed by atoms with Gasteiger partial charge in [-0.15, -0.1) is 0 Å². The van der Waals surface area contributed by atoms with Crippen LogP contribution < -0.4 is 48.0 Å². The first-order chi connectivity index (χ1) is 14.6. The summed E-state index contributed by atoms with van der Waals surface area (Å²) in [4.78, 5) is 0. The molecule has 0 spiro atoms. The molecule has 0 N–H and O–H groups in total. The van der Waals surface area contributed by atoms with Gasteiger partial charge in [-0.1, -0.05) is 31.0 Å². The van der Waals surface area contributed by atoms with Crippen LogP contribution in [0.25, 0.3) is 11.0 Å². The van der Waals surface area contributed by atoms with Crippen molar-refractivity contribution in [3.8, 4) is 0 Å². The standard InChI is InChI=1S/C27H48N2O.2HI/c1-6-28(7-2,8-3)21-17-13-11-12-14-18-22-29(9-4,10-5)24-26-23-25-19-15-16-20-27(25)30-26;;/h15-16,19-20,23H,6-14,17-18,21-22,24H2,1-5H3;2*1H/q+2;;/p-2. The summed E-state index contributed by atoms with van der Waals surface area (Å²) in [7, 11) is 0. The largest absolute Gasteiger partial charge is 1.00 e. The van der Waals surface area contributed by atoms with E-state index in [1.54, 1.807) is 0 Å². The Kier molecular flexibility index (Phi) is 16.8. The number of para-hydroxylation sites is 1. The van der Waals surface area contributed by atoms with Gasteiger partial charge in [0, 0.05) is 5.39 Å². The molecule has 0 unspecified atom stereocenters. The molecule has 0 saturated carbocycles. The average molecular weight is 671 g/mol. The zero-order valence-electron chi connectivity index (χ0n) is 21.3. The lowest BCUT2D eigenvalue weighted by Crippen LogP contribution is -3.00. The van der Waals surface area contributed by atoms with Crippen LogP contribution in [-0.2, 0) is 6.54 Å². The van der Waals surface area contributed by atoms with E-state index in [9.17, 15) is 0 Å². The maximum atomic E-state index is 6.14. The summed E-state index contributed by atoms with van der Waals surface area (Å²) < 4.78 is 8.58. The smallest absolute Gasteiger partial charge is 0.159 e. The zero-order chi connectivity index (χ0) is 21.9. The maximum absolute atomic E-state index is 6.14. The van der Waals surface area contributed by atoms with Crippen LogP contribution in [0.4, 0.5) is 0 Å². The van der Waals surface area contributed by atoms with E-state index in [1.165, 1.54) is 94.2 Å². The third-order valence-electron chi connectivity index (χ3n) is 7.84. The van der Waals surface area contributed by atoms with E-state index >= 15 is 0 Å². The van der Waals surface area contributed by atoms with Gasteiger partial charge in [0.2, 0.25) is 0 Å². The van der Waals surface area contributed by atoms with Crippen molar-refractivity contribution in [3.63, 3.8) is 0 Å². The van der Waals surface area contributed by atoms with Crippen molar-refractivity contribution in [2.75, 3.05) is 45.8 Å². The van der Waals surface area contributed by atoms with E-state index in [4.69, 9.17) is 4.42 Å². The molecule has 0 aliphatic rings. The van der Waals surface area contributed by atoms with Gasteiger partial charge in [0.25, 0.3) is 0 Å². The minimum Gasteiger partial charge on any atom is -1.00 e. The number of nitrogens with zero attached hydrogens (tertiary/aromatic N) is 2. The number of furan rings is 1. The topological polar surface area (TPSA) is 13.1 Å². The van der Waals surface area contributed by atoms with Gasteiger partial charge in [-0.2, -0.15) is 0 Å². The van der Waals surface area contributed by atoms with Crippen LogP contribution in [0.15, 0.2) is 34.7 Å². The number of unbranched alkanes of at least 4 members (excludes halogenated alkanes) is 5. The van der Waals surface area contributed by atoms with Crippen LogP contribution in [-0.4, -0.2) is 54.8 Å². The first-order valence-corrected chi connectivity index (χ1v) is 12.7. The van der Waals surface area contributed by atoms with Gasteiger partial charge in [-0.25, -0.2) is 0 Å². The van der Waals surface area contributed by atoms with Crippen LogP contribution in [0.3, 0.4) is 0 Å². The van der Waals surface area contributed by atoms with Gasteiger partial charge in [-0.05, 0) is 72.4 Å². The molecule has 1 aromatic carbocycles. The Balaban J connectivity index is 0.00000480. The number of rotatable bonds is 16. The van der Waals surface area contributed by atoms with Crippen molar-refractivity contribution in [2.24, 2.45) is 0 Å². The zero-order valence-corrected chi connectivity index (χ0v) is 25.7. The van der Waals surface area contributed by atoms with Crippen LogP contribution >= 0.6 is 0 Å². The maximum Gasteiger partial charge on any atom is 0.159 e. The molecule has 0 bridgehead atoms. The summed E-state index contributed by atoms with van der Waals surface area (Å²) in [6.45, 7) is 21.6. The first kappa shape index (κ1) is 32.1. The van der Waals surface area contributed by atoms with Crippen molar-refractivity contribution < 1.29 is 61.3 Å². The third-order valence-corrected chi connectivity index (χ3v) is 7.84. The molecule has 0 amide bonds. The lowest BCUT2D eigenvalue weighted by Gasteiger charge is -2.36. The summed E-state index contributed by atoms with van der Waals surface area (Å²) in [6, 6.07) is 10.6. The SMILES string of the molecule is CC[N+](CC)(CC)CCCCCCCC[N+](CC)(CC)Cc1cc2ccccc2o1.[I-].[I-]. The average Bonchev–Trinajstić information content (AvgIpc) is 3.20. The second-order valence-electron chi connectivity index (χ2n) is 9.24. The number of hydrogen-bond donors (Lipinski definition) is 0. The highest BCUT2D eigenvalue weighted by molar-refractivity contribution is 5.77. The molecule has 2 aromatic rings. The normalized spacial score (nSPS) is 11.9. The second-order valence-corrected chi connectivity index (χ2v) is 9.24. The van der Waals surface area contributed by atoms with Gasteiger partial charge in [-0.3, -0.25) is 0 Å². The summed E-state index contributed by atoms with van der Waals surface area (Å²) >= 11 is 0. The number of hydrogen-bond acceptors (Lipinski definition) is 1. The molecule has 2 rings (SSSR count). The van der Waals surface area contributed by atoms with Crippen LogP contribution in [0.1, 0.15) is 78.9 Å². The Morgan fingerprint density at radius 3 is 1.59 bits per heavy atom. The summed E-state index contributed by atoms with van der Waals surface area (Å²) in [5.41, 5.74) is 1.02. The Hall–Kier alpha value is 0.140. The van der Waals surface area contributed by atoms with Gasteiger partial charge in [0.05, 0.1) is 45.8 Å². The molecule has 5 heteroatoms. The Labute approximate surface area is 232 Å². The lowest BCUT2D eigenvalue weighted by atomic mass is 10.1. The molecular formula is C27H48I2N2O. The fourth-order valence-electron chi connectivity index (χ4n) is 5.03. The molecule has 0 fully saturated rings. The highest BCUT2D eigenvalue weighted by Crippen LogP contribution is 2.24. The molecule has 0 radical (unpaired) electrons. The lowest BCUT2D eigenvalue weighted by molar-refractivity contribution is -0.938. The fraction of sp³-hybridized carbons (Fsp3) is 0.704. The predicted molar refractivity (Wildman–Crippen MR) is 131 cm³/mol. The first-order valence-electron chi connectivity index (χ1n) is 12.7. The molecule has 0 atom stereocenters. The van der Waals surface area contributed by atoms with Gasteiger partial charge < -0.3 is 61.3 Å². The molecule has 186 valence electrons. The fourth-order valence-corrected chi connectivity index (χ4v) is 5.03. The van der Waals surface area contributed by atoms with E-state index in [0.717, 1.165) is 22.4 Å². The van der Waals surface area contributed by atoms with E-state index in [1.807, 2.05) is 0 Å². The predicted octanol–water partition coefficient (Wildman–Crippen LogP) is 1.01. The second kappa shape index (κ2) is 16.7. The summed E-state index contributed by atoms with van der Waals surface area (Å²) in [5, 5.41) is 1.23. The van der Waals surface area contributed by atoms with Crippen LogP contribution in [0.2, 0.25) is 0 Å². The Bertz CT molecular complexity index is 682. The summed E-state index contributed by atoms with van der Waals surface area (Å²) in [5.74, 6) is 1.14. The number of fused-ring (bicyclic) bond motifs is 1. The highest BCUT2D eigenvalue weighted by Gasteiger charge is 2.25. The van der Waals surface area contributed by atoms with Crippen molar-refractivity contribution in [2.45, 2.75) is 79.7 Å². The minimum absolute atomic E-state index is 0. The molecule has 32 heavy (non-hydrogen) atoms. The van der Waals surface area contributed by atoms with Gasteiger partial charge in [0.1, 0.15) is 12.1 Å². The molecule has 0 aliphatic heterocycles. The van der Waals surface area contributed by atoms with Crippen molar-refractivity contribution in [3.05, 3.63) is 36.1 Å². The summed E-state index contributed by atoms with van der Waals surface area (Å²) in [6.07, 6.45) is 8.30. The van der Waals surface area contributed by atoms with E-state index in [0.29, 0.717) is 0 Å². The van der Waals surface area contributed by atoms with Crippen LogP contribution in [0.5, 0.6) is 0 Å². The number of halogens is 2. The van der Waals surface area contributed by atoms with E-state index in [2.05, 4.69) is 65.0 Å². The third kappa shape index (κ3) is 9.41. The van der Waals surface area contributed by atoms with Crippen molar-refractivity contribution in [1.29, 1.82) is 0 Å². The minimum atomic E-state index is 0. The number of benzene rings is 1. The van der Waals surface area contributed by atoms with Crippen LogP contribution in [0, 0.1) is 0 Å². The molecule has 3 nitrogen and oxygen atoms in total. The Morgan fingerprint density at radius 1 is 0.625 bits per heavy atom. The monoisotopic (exact) mass is 670 g/mol. The molecule has 0 aliphatic carbocycles. The molecule has 1 heterocycles. The van der Waals surface area contributed by atoms with Crippen molar-refractivity contribution >= 4 is 11.0 Å². The number of quaternary nitrogens is 2. The quantitative estimate of drug-likeness (QED) is 0.148. The Morgan fingerprint density at radius 2 is 1.09 bits per heavy atom. The van der Waals surface area contributed by atoms with Gasteiger partial charge in [0.15, 0.2) is 5.76 Å². The van der Waals surface area contributed by atoms with E-state index in [-0.39, 0.29) is 48.0 Å². The molecular weight excluding hydrogens is 622 g/mol. The molecule has 1 aromatic heterocycles. The molecule has 0 saturated heterocycles. The van der Waals surface area contributed by atoms with Crippen molar-refractivity contribution in [1.82, 2.24) is 0 Å². The highest BCUT2D eigenvalue weighted by atomic mass is 127. The van der Waals surface area contributed by atoms with E-state index < -0.39 is 0 Å². The van der Waals surface area contributed by atoms with Gasteiger partial charge >= 0.3 is 0 Å².